The van der Waals surface area contributed by atoms with Crippen LogP contribution in [0.2, 0.25) is 5.02 Å². The van der Waals surface area contributed by atoms with Gasteiger partial charge in [-0.2, -0.15) is 0 Å². The summed E-state index contributed by atoms with van der Waals surface area (Å²) < 4.78 is 28.1. The van der Waals surface area contributed by atoms with Crippen LogP contribution in [-0.4, -0.2) is 97.5 Å². The number of rotatable bonds is 14. The number of H-pyrrole nitrogens is 1. The second-order valence-electron chi connectivity index (χ2n) is 15.1. The fourth-order valence-electron chi connectivity index (χ4n) is 7.49. The number of nitrogens with two attached hydrogens (primary N) is 2. The number of sulfonamides is 1. The standard InChI is InChI=1S/C44H54ClN9O6S2/c1-54-39(24-30-26-49-36-10-3-2-9-33(30)36)42(57)51-27-34-32(28-13-15-31(16-14-28)62(59,60)52-22-23-55)17-18-35(45)40(34)61-43-29(8-7-21-48-43)25-50-37(12-6-20-47)41(56)53-38(44(54)58)11-4-5-19-46/h2-3,7-10,13-18,21,26,37-39,49-50,52,55H,4-6,11-12,19-20,22-25,27,46-47H2,1H3,(H,51,57)(H,53,56)/t37-,38-,39-/m0/s1. The molecule has 0 fully saturated rings. The third-order valence-corrected chi connectivity index (χ3v) is 14.0. The van der Waals surface area contributed by atoms with Gasteiger partial charge in [-0.1, -0.05) is 65.8 Å². The lowest BCUT2D eigenvalue weighted by molar-refractivity contribution is -0.142. The van der Waals surface area contributed by atoms with Gasteiger partial charge in [0, 0.05) is 61.3 Å². The third kappa shape index (κ3) is 11.4. The van der Waals surface area contributed by atoms with E-state index in [1.54, 1.807) is 37.5 Å². The van der Waals surface area contributed by atoms with Gasteiger partial charge in [0.1, 0.15) is 17.1 Å². The van der Waals surface area contributed by atoms with Gasteiger partial charge in [-0.05, 0) is 103 Å². The van der Waals surface area contributed by atoms with Gasteiger partial charge < -0.3 is 42.4 Å². The van der Waals surface area contributed by atoms with Gasteiger partial charge in [0.25, 0.3) is 0 Å². The Morgan fingerprint density at radius 2 is 1.68 bits per heavy atom. The first-order valence-electron chi connectivity index (χ1n) is 20.6. The molecule has 330 valence electrons. The lowest BCUT2D eigenvalue weighted by atomic mass is 9.98. The van der Waals surface area contributed by atoms with Crippen LogP contribution in [0.25, 0.3) is 22.0 Å². The van der Waals surface area contributed by atoms with E-state index in [9.17, 15) is 27.9 Å². The largest absolute Gasteiger partial charge is 0.395 e. The molecule has 2 aromatic heterocycles. The number of hydrogen-bond acceptors (Lipinski definition) is 11. The van der Waals surface area contributed by atoms with E-state index in [1.807, 2.05) is 42.6 Å². The number of unbranched alkanes of at least 4 members (excludes halogenated alkanes) is 1. The summed E-state index contributed by atoms with van der Waals surface area (Å²) >= 11 is 8.34. The van der Waals surface area contributed by atoms with Crippen molar-refractivity contribution in [3.63, 3.8) is 0 Å². The van der Waals surface area contributed by atoms with Gasteiger partial charge in [0.15, 0.2) is 0 Å². The second kappa shape index (κ2) is 22.0. The van der Waals surface area contributed by atoms with Gasteiger partial charge in [0.2, 0.25) is 27.7 Å². The van der Waals surface area contributed by atoms with Crippen LogP contribution < -0.4 is 32.1 Å². The fourth-order valence-corrected chi connectivity index (χ4v) is 9.85. The first-order chi connectivity index (χ1) is 29.9. The number of nitrogens with zero attached hydrogens (tertiary/aromatic N) is 2. The van der Waals surface area contributed by atoms with Gasteiger partial charge in [0.05, 0.1) is 22.6 Å². The van der Waals surface area contributed by atoms with Crippen LogP contribution in [0.4, 0.5) is 0 Å². The van der Waals surface area contributed by atoms with Crippen LogP contribution >= 0.6 is 23.4 Å². The third-order valence-electron chi connectivity index (χ3n) is 10.9. The Hall–Kier alpha value is -4.85. The Labute approximate surface area is 371 Å². The Balaban J connectivity index is 1.47. The van der Waals surface area contributed by atoms with Crippen LogP contribution in [0.1, 0.15) is 48.8 Å². The number of fused-ring (bicyclic) bond motifs is 3. The number of carbonyl (C=O) groups excluding carboxylic acids is 3. The number of amides is 3. The number of benzene rings is 3. The number of aliphatic hydroxyl groups is 1. The van der Waals surface area contributed by atoms with Gasteiger partial charge >= 0.3 is 0 Å². The molecule has 3 amide bonds. The number of halogens is 1. The topological polar surface area (TPSA) is 238 Å². The van der Waals surface area contributed by atoms with E-state index in [0.29, 0.717) is 76.8 Å². The molecular weight excluding hydrogens is 850 g/mol. The number of para-hydroxylation sites is 1. The van der Waals surface area contributed by atoms with Crippen molar-refractivity contribution < 1.29 is 27.9 Å². The molecule has 1 aliphatic rings. The summed E-state index contributed by atoms with van der Waals surface area (Å²) in [5.41, 5.74) is 16.2. The Bertz CT molecular complexity index is 2450. The average molecular weight is 905 g/mol. The van der Waals surface area contributed by atoms with Gasteiger partial charge in [-0.25, -0.2) is 18.1 Å². The molecule has 0 aliphatic carbocycles. The van der Waals surface area contributed by atoms with Gasteiger partial charge in [-0.15, -0.1) is 0 Å². The summed E-state index contributed by atoms with van der Waals surface area (Å²) in [5.74, 6) is -1.23. The molecule has 0 radical (unpaired) electrons. The highest BCUT2D eigenvalue weighted by atomic mass is 35.5. The quantitative estimate of drug-likeness (QED) is 0.0746. The van der Waals surface area contributed by atoms with Crippen molar-refractivity contribution in [3.8, 4) is 11.1 Å². The van der Waals surface area contributed by atoms with Crippen molar-refractivity contribution in [1.82, 2.24) is 35.5 Å². The SMILES string of the molecule is CN1C(=O)[C@H](CCCCN)NC(=O)[C@H](CCCN)NCc2cccnc2Sc2c(Cl)ccc(-c3ccc(S(=O)(=O)NCCO)cc3)c2CNC(=O)[C@@H]1Cc1c[nH]c2ccccc12. The minimum absolute atomic E-state index is 0.0167. The first-order valence-corrected chi connectivity index (χ1v) is 23.3. The number of aromatic nitrogens is 2. The van der Waals surface area contributed by atoms with Crippen molar-refractivity contribution in [1.29, 1.82) is 0 Å². The van der Waals surface area contributed by atoms with Crippen LogP contribution in [0.3, 0.4) is 0 Å². The molecule has 5 aromatic rings. The van der Waals surface area contributed by atoms with Crippen molar-refractivity contribution in [2.45, 2.75) is 84.6 Å². The molecule has 18 heteroatoms. The zero-order valence-corrected chi connectivity index (χ0v) is 36.9. The highest BCUT2D eigenvalue weighted by molar-refractivity contribution is 7.99. The van der Waals surface area contributed by atoms with E-state index >= 15 is 0 Å². The lowest BCUT2D eigenvalue weighted by Gasteiger charge is -2.32. The van der Waals surface area contributed by atoms with E-state index in [-0.39, 0.29) is 43.5 Å². The average Bonchev–Trinajstić information content (AvgIpc) is 3.69. The normalized spacial score (nSPS) is 18.2. The maximum Gasteiger partial charge on any atom is 0.245 e. The number of hydrogen-bond donors (Lipinski definition) is 8. The monoisotopic (exact) mass is 903 g/mol. The number of aromatic amines is 1. The molecule has 0 bridgehead atoms. The molecule has 10 N–H and O–H groups in total. The van der Waals surface area contributed by atoms with Crippen LogP contribution in [-0.2, 0) is 43.9 Å². The van der Waals surface area contributed by atoms with E-state index in [2.05, 4.69) is 25.7 Å². The molecule has 3 heterocycles. The Morgan fingerprint density at radius 3 is 2.44 bits per heavy atom. The molecule has 0 saturated heterocycles. The maximum absolute atomic E-state index is 14.8. The van der Waals surface area contributed by atoms with Crippen molar-refractivity contribution in [2.24, 2.45) is 11.5 Å². The highest BCUT2D eigenvalue weighted by Crippen LogP contribution is 2.41. The van der Waals surface area contributed by atoms with E-state index in [1.165, 1.54) is 28.8 Å². The molecule has 15 nitrogen and oxygen atoms in total. The number of carbonyl (C=O) groups is 3. The molecule has 0 unspecified atom stereocenters. The predicted octanol–water partition coefficient (Wildman–Crippen LogP) is 3.82. The molecular formula is C44H54ClN9O6S2. The molecule has 6 rings (SSSR count). The molecule has 3 atom stereocenters. The van der Waals surface area contributed by atoms with Crippen molar-refractivity contribution in [3.05, 3.63) is 107 Å². The van der Waals surface area contributed by atoms with E-state index in [0.717, 1.165) is 22.0 Å². The van der Waals surface area contributed by atoms with Gasteiger partial charge in [-0.3, -0.25) is 14.4 Å². The molecule has 0 saturated carbocycles. The fraction of sp³-hybridized carbons (Fsp3) is 0.364. The zero-order valence-electron chi connectivity index (χ0n) is 34.5. The molecule has 62 heavy (non-hydrogen) atoms. The van der Waals surface area contributed by atoms with Crippen LogP contribution in [0, 0.1) is 0 Å². The Kier molecular flexibility index (Phi) is 16.5. The second-order valence-corrected chi connectivity index (χ2v) is 18.2. The minimum Gasteiger partial charge on any atom is -0.395 e. The predicted molar refractivity (Wildman–Crippen MR) is 242 cm³/mol. The maximum atomic E-state index is 14.8. The number of nitrogens with one attached hydrogen (secondary N) is 5. The summed E-state index contributed by atoms with van der Waals surface area (Å²) in [6, 6.07) is 18.6. The molecule has 3 aromatic carbocycles. The smallest absolute Gasteiger partial charge is 0.245 e. The summed E-state index contributed by atoms with van der Waals surface area (Å²) in [6.07, 6.45) is 6.15. The Morgan fingerprint density at radius 1 is 0.919 bits per heavy atom. The molecule has 0 spiro atoms. The van der Waals surface area contributed by atoms with Crippen molar-refractivity contribution in [2.75, 3.05) is 33.3 Å². The minimum atomic E-state index is -3.88. The molecule has 1 aliphatic heterocycles. The van der Waals surface area contributed by atoms with Crippen LogP contribution in [0.5, 0.6) is 0 Å². The number of pyridine rings is 1. The highest BCUT2D eigenvalue weighted by Gasteiger charge is 2.34. The number of aliphatic hydroxyl groups excluding tert-OH is 1. The van der Waals surface area contributed by atoms with Crippen LogP contribution in [0.15, 0.2) is 100 Å². The van der Waals surface area contributed by atoms with Crippen molar-refractivity contribution >= 4 is 62.0 Å². The summed E-state index contributed by atoms with van der Waals surface area (Å²) in [7, 11) is -2.30. The summed E-state index contributed by atoms with van der Waals surface area (Å²) in [5, 5.41) is 20.7. The summed E-state index contributed by atoms with van der Waals surface area (Å²) in [4.78, 5) is 53.6. The zero-order chi connectivity index (χ0) is 44.2. The summed E-state index contributed by atoms with van der Waals surface area (Å²) in [6.45, 7) is 0.524. The lowest BCUT2D eigenvalue weighted by Crippen LogP contribution is -2.57. The number of likely N-dealkylation sites (N-methyl/N-ethyl adjacent to an activating group) is 1. The van der Waals surface area contributed by atoms with E-state index in [4.69, 9.17) is 28.1 Å². The first kappa shape index (κ1) is 46.6. The van der Waals surface area contributed by atoms with E-state index < -0.39 is 40.0 Å².